The minimum atomic E-state index is -0.125. The Kier molecular flexibility index (Phi) is 251. The van der Waals surface area contributed by atoms with Gasteiger partial charge in [-0.1, -0.05) is 18.2 Å². The molecule has 158 valence electrons. The summed E-state index contributed by atoms with van der Waals surface area (Å²) in [4.78, 5) is 9.13. The number of para-hydroxylation sites is 1. The second-order valence-corrected chi connectivity index (χ2v) is 2.01. The molecule has 0 aliphatic heterocycles. The van der Waals surface area contributed by atoms with Crippen LogP contribution in [0.5, 0.6) is 5.75 Å². The number of rotatable bonds is 3. The zero-order valence-corrected chi connectivity index (χ0v) is 17.4. The van der Waals surface area contributed by atoms with Gasteiger partial charge in [-0.25, -0.2) is 0 Å². The maximum Gasteiger partial charge on any atom is 0.165 e. The topological polar surface area (TPSA) is 58.9 Å². The summed E-state index contributed by atoms with van der Waals surface area (Å²) in [6, 6.07) is 9.33. The van der Waals surface area contributed by atoms with Crippen LogP contribution in [0.25, 0.3) is 0 Å². The van der Waals surface area contributed by atoms with Crippen LogP contribution in [0.3, 0.4) is 0 Å². The Bertz CT molecular complexity index is 257. The molecule has 4 heteroatoms. The van der Waals surface area contributed by atoms with Gasteiger partial charge in [-0.3, -0.25) is 0 Å². The smallest absolute Gasteiger partial charge is 0.165 e. The van der Waals surface area contributed by atoms with Gasteiger partial charge in [-0.15, -0.1) is 92.1 Å². The van der Waals surface area contributed by atoms with E-state index in [0.717, 1.165) is 5.75 Å². The Morgan fingerprint density at radius 2 is 0.852 bits per heavy atom. The van der Waals surface area contributed by atoms with E-state index in [9.17, 15) is 0 Å². The van der Waals surface area contributed by atoms with Crippen molar-refractivity contribution in [1.82, 2.24) is 0 Å². The van der Waals surface area contributed by atoms with Crippen LogP contribution >= 0.6 is 0 Å². The summed E-state index contributed by atoms with van der Waals surface area (Å²) in [6.45, 7) is 41.8. The zero-order valence-electron chi connectivity index (χ0n) is 17.4. The molecular weight excluding hydrogens is 340 g/mol. The summed E-state index contributed by atoms with van der Waals surface area (Å²) in [7, 11) is 1.48. The van der Waals surface area contributed by atoms with E-state index >= 15 is 0 Å². The molecule has 0 unspecified atom stereocenters. The second kappa shape index (κ2) is 136. The first kappa shape index (κ1) is 49.6. The molecule has 0 aromatic heterocycles. The van der Waals surface area contributed by atoms with Gasteiger partial charge in [0.1, 0.15) is 0 Å². The molecule has 0 atom stereocenters. The third kappa shape index (κ3) is 124. The Morgan fingerprint density at radius 3 is 1.04 bits per heavy atom. The lowest BCUT2D eigenvalue weighted by Crippen LogP contribution is -1.88. The molecule has 1 rings (SSSR count). The fraction of sp³-hybridized carbons (Fsp3) is 0.130. The standard InChI is InChI=1S/C7H8O2.C2H6O2.7C2H4/c1-8-9-7-5-3-2-4-6-7;3-1-2-4;7*1-2/h2-6H,1H3;3-4H,1-2H2;7*1-2H2. The lowest BCUT2D eigenvalue weighted by Gasteiger charge is -1.96. The van der Waals surface area contributed by atoms with Crippen LogP contribution in [-0.4, -0.2) is 30.5 Å². The molecule has 0 saturated heterocycles. The molecular formula is C23H42O4. The highest BCUT2D eigenvalue weighted by Crippen LogP contribution is 2.07. The molecule has 0 aliphatic carbocycles. The van der Waals surface area contributed by atoms with E-state index in [1.54, 1.807) is 0 Å². The van der Waals surface area contributed by atoms with Crippen LogP contribution in [0, 0.1) is 0 Å². The van der Waals surface area contributed by atoms with Crippen LogP contribution in [-0.2, 0) is 4.89 Å². The molecule has 1 aromatic rings. The Balaban J connectivity index is -0.0000000288. The summed E-state index contributed by atoms with van der Waals surface area (Å²) >= 11 is 0. The van der Waals surface area contributed by atoms with Gasteiger partial charge in [0.05, 0.1) is 20.3 Å². The summed E-state index contributed by atoms with van der Waals surface area (Å²) in [5.74, 6) is 0.722. The molecule has 0 bridgehead atoms. The summed E-state index contributed by atoms with van der Waals surface area (Å²) in [6.07, 6.45) is 0. The predicted molar refractivity (Wildman–Crippen MR) is 127 cm³/mol. The highest BCUT2D eigenvalue weighted by atomic mass is 17.2. The van der Waals surface area contributed by atoms with E-state index in [4.69, 9.17) is 15.1 Å². The monoisotopic (exact) mass is 382 g/mol. The van der Waals surface area contributed by atoms with Crippen molar-refractivity contribution in [1.29, 1.82) is 0 Å². The molecule has 0 radical (unpaired) electrons. The van der Waals surface area contributed by atoms with Gasteiger partial charge in [0.2, 0.25) is 0 Å². The number of hydrogen-bond acceptors (Lipinski definition) is 4. The normalized spacial score (nSPS) is 5.15. The predicted octanol–water partition coefficient (Wildman–Crippen LogP) is 6.21. The minimum absolute atomic E-state index is 0.125. The number of benzene rings is 1. The summed E-state index contributed by atoms with van der Waals surface area (Å²) < 4.78 is 0. The van der Waals surface area contributed by atoms with E-state index in [0.29, 0.717) is 0 Å². The molecule has 4 nitrogen and oxygen atoms in total. The van der Waals surface area contributed by atoms with Gasteiger partial charge < -0.3 is 15.1 Å². The molecule has 2 N–H and O–H groups in total. The molecule has 0 fully saturated rings. The summed E-state index contributed by atoms with van der Waals surface area (Å²) in [5.41, 5.74) is 0. The first-order valence-electron chi connectivity index (χ1n) is 7.32. The summed E-state index contributed by atoms with van der Waals surface area (Å²) in [5, 5.41) is 15.2. The first-order chi connectivity index (χ1) is 13.3. The highest BCUT2D eigenvalue weighted by molar-refractivity contribution is 5.19. The molecule has 0 aliphatic rings. The van der Waals surface area contributed by atoms with Gasteiger partial charge in [0, 0.05) is 0 Å². The van der Waals surface area contributed by atoms with Crippen LogP contribution in [0.15, 0.2) is 122 Å². The quantitative estimate of drug-likeness (QED) is 0.370. The van der Waals surface area contributed by atoms with Crippen LogP contribution in [0.4, 0.5) is 0 Å². The highest BCUT2D eigenvalue weighted by Gasteiger charge is 1.85. The molecule has 0 spiro atoms. The lowest BCUT2D eigenvalue weighted by molar-refractivity contribution is -0.178. The zero-order chi connectivity index (χ0) is 23.9. The van der Waals surface area contributed by atoms with Crippen LogP contribution in [0.2, 0.25) is 0 Å². The third-order valence-electron chi connectivity index (χ3n) is 1.02. The van der Waals surface area contributed by atoms with E-state index in [-0.39, 0.29) is 13.2 Å². The van der Waals surface area contributed by atoms with Crippen molar-refractivity contribution in [2.24, 2.45) is 0 Å². The van der Waals surface area contributed by atoms with E-state index in [2.05, 4.69) is 97.0 Å². The van der Waals surface area contributed by atoms with Crippen LogP contribution in [0.1, 0.15) is 0 Å². The molecule has 0 amide bonds. The second-order valence-electron chi connectivity index (χ2n) is 2.01. The van der Waals surface area contributed by atoms with Gasteiger partial charge in [0.25, 0.3) is 0 Å². The van der Waals surface area contributed by atoms with Gasteiger partial charge in [-0.2, -0.15) is 4.89 Å². The number of aliphatic hydroxyl groups is 2. The Labute approximate surface area is 169 Å². The lowest BCUT2D eigenvalue weighted by atomic mass is 10.3. The van der Waals surface area contributed by atoms with Crippen molar-refractivity contribution < 1.29 is 20.0 Å². The van der Waals surface area contributed by atoms with Crippen molar-refractivity contribution in [3.63, 3.8) is 0 Å². The Hall–Kier alpha value is -2.92. The van der Waals surface area contributed by atoms with E-state index in [1.807, 2.05) is 30.3 Å². The van der Waals surface area contributed by atoms with Crippen molar-refractivity contribution in [3.05, 3.63) is 122 Å². The Morgan fingerprint density at radius 1 is 0.593 bits per heavy atom. The van der Waals surface area contributed by atoms with E-state index in [1.165, 1.54) is 7.11 Å². The largest absolute Gasteiger partial charge is 0.394 e. The maximum absolute atomic E-state index is 7.62. The fourth-order valence-corrected chi connectivity index (χ4v) is 0.572. The van der Waals surface area contributed by atoms with Crippen molar-refractivity contribution in [2.45, 2.75) is 0 Å². The number of aliphatic hydroxyl groups excluding tert-OH is 2. The van der Waals surface area contributed by atoms with Crippen molar-refractivity contribution in [2.75, 3.05) is 20.3 Å². The first-order valence-corrected chi connectivity index (χ1v) is 7.32. The molecule has 0 saturated carbocycles. The average Bonchev–Trinajstić information content (AvgIpc) is 2.84. The van der Waals surface area contributed by atoms with Crippen molar-refractivity contribution in [3.8, 4) is 5.75 Å². The van der Waals surface area contributed by atoms with Gasteiger partial charge >= 0.3 is 0 Å². The average molecular weight is 383 g/mol. The van der Waals surface area contributed by atoms with Gasteiger partial charge in [0.15, 0.2) is 5.75 Å². The minimum Gasteiger partial charge on any atom is -0.394 e. The van der Waals surface area contributed by atoms with Crippen LogP contribution < -0.4 is 4.89 Å². The molecule has 1 aromatic carbocycles. The maximum atomic E-state index is 7.62. The molecule has 0 heterocycles. The fourth-order valence-electron chi connectivity index (χ4n) is 0.572. The third-order valence-corrected chi connectivity index (χ3v) is 1.02. The van der Waals surface area contributed by atoms with E-state index < -0.39 is 0 Å². The number of hydrogen-bond donors (Lipinski definition) is 2. The SMILES string of the molecule is C=C.C=C.C=C.C=C.C=C.C=C.C=C.COOc1ccccc1.OCCO. The molecule has 27 heavy (non-hydrogen) atoms. The van der Waals surface area contributed by atoms with Gasteiger partial charge in [-0.05, 0) is 12.1 Å². The van der Waals surface area contributed by atoms with Crippen molar-refractivity contribution >= 4 is 0 Å².